The summed E-state index contributed by atoms with van der Waals surface area (Å²) in [7, 11) is 1.64. The fraction of sp³-hybridized carbons (Fsp3) is 0.0667. The predicted molar refractivity (Wildman–Crippen MR) is 78.7 cm³/mol. The summed E-state index contributed by atoms with van der Waals surface area (Å²) in [5.74, 6) is 0.825. The van der Waals surface area contributed by atoms with Crippen molar-refractivity contribution in [1.82, 2.24) is 0 Å². The summed E-state index contributed by atoms with van der Waals surface area (Å²) in [6.45, 7) is 0. The molecule has 0 bridgehead atoms. The molecule has 0 saturated heterocycles. The van der Waals surface area contributed by atoms with E-state index in [-0.39, 0.29) is 12.4 Å². The summed E-state index contributed by atoms with van der Waals surface area (Å²) in [4.78, 5) is 4.33. The molecular weight excluding hydrogens is 260 g/mol. The molecule has 0 spiro atoms. The first-order valence-electron chi connectivity index (χ1n) is 5.50. The average Bonchev–Trinajstić information content (AvgIpc) is 2.46. The van der Waals surface area contributed by atoms with Gasteiger partial charge in [0.2, 0.25) is 0 Å². The second-order valence-electron chi connectivity index (χ2n) is 3.69. The molecule has 2 aromatic rings. The number of nitriles is 1. The molecule has 0 amide bonds. The maximum Gasteiger partial charge on any atom is 0.118 e. The lowest BCUT2D eigenvalue weighted by Gasteiger charge is -1.99. The van der Waals surface area contributed by atoms with Crippen molar-refractivity contribution in [2.45, 2.75) is 0 Å². The van der Waals surface area contributed by atoms with E-state index in [9.17, 15) is 0 Å². The summed E-state index contributed by atoms with van der Waals surface area (Å²) in [6, 6.07) is 16.9. The van der Waals surface area contributed by atoms with Crippen LogP contribution in [0.15, 0.2) is 53.5 Å². The van der Waals surface area contributed by atoms with Gasteiger partial charge in [-0.15, -0.1) is 12.4 Å². The van der Waals surface area contributed by atoms with Gasteiger partial charge in [0.05, 0.1) is 24.4 Å². The molecule has 0 aliphatic rings. The molecule has 0 aliphatic heterocycles. The van der Waals surface area contributed by atoms with E-state index in [0.717, 1.165) is 17.0 Å². The molecular formula is C15H13ClN2O. The van der Waals surface area contributed by atoms with Crippen molar-refractivity contribution in [3.63, 3.8) is 0 Å². The molecule has 19 heavy (non-hydrogen) atoms. The fourth-order valence-corrected chi connectivity index (χ4v) is 1.46. The van der Waals surface area contributed by atoms with Crippen LogP contribution in [-0.2, 0) is 0 Å². The van der Waals surface area contributed by atoms with Crippen molar-refractivity contribution in [1.29, 1.82) is 5.26 Å². The van der Waals surface area contributed by atoms with Crippen LogP contribution in [0.1, 0.15) is 11.1 Å². The van der Waals surface area contributed by atoms with Gasteiger partial charge in [-0.1, -0.05) is 0 Å². The molecule has 96 valence electrons. The Morgan fingerprint density at radius 3 is 2.21 bits per heavy atom. The average molecular weight is 273 g/mol. The number of hydrogen-bond acceptors (Lipinski definition) is 3. The van der Waals surface area contributed by atoms with E-state index >= 15 is 0 Å². The highest BCUT2D eigenvalue weighted by Gasteiger charge is 1.92. The summed E-state index contributed by atoms with van der Waals surface area (Å²) < 4.78 is 5.08. The zero-order valence-corrected chi connectivity index (χ0v) is 11.2. The van der Waals surface area contributed by atoms with Crippen LogP contribution in [0.3, 0.4) is 0 Å². The molecule has 0 aliphatic carbocycles. The Bertz CT molecular complexity index is 583. The first-order chi connectivity index (χ1) is 8.81. The predicted octanol–water partition coefficient (Wildman–Crippen LogP) is 3.74. The standard InChI is InChI=1S/C15H12N2O.ClH/c1-18-15-8-4-13(5-9-15)11-17-14-6-2-12(10-16)3-7-14;/h2-9,11H,1H3;1H. The van der Waals surface area contributed by atoms with Gasteiger partial charge in [0.15, 0.2) is 0 Å². The second kappa shape index (κ2) is 7.20. The van der Waals surface area contributed by atoms with Crippen molar-refractivity contribution in [2.75, 3.05) is 7.11 Å². The third kappa shape index (κ3) is 4.13. The van der Waals surface area contributed by atoms with Crippen LogP contribution in [0.25, 0.3) is 0 Å². The number of ether oxygens (including phenoxy) is 1. The molecule has 0 aromatic heterocycles. The molecule has 2 aromatic carbocycles. The van der Waals surface area contributed by atoms with Crippen LogP contribution in [-0.4, -0.2) is 13.3 Å². The normalized spacial score (nSPS) is 9.68. The monoisotopic (exact) mass is 272 g/mol. The van der Waals surface area contributed by atoms with E-state index in [4.69, 9.17) is 10.00 Å². The molecule has 4 heteroatoms. The maximum absolute atomic E-state index is 8.69. The van der Waals surface area contributed by atoms with Gasteiger partial charge in [-0.2, -0.15) is 5.26 Å². The Labute approximate surface area is 118 Å². The smallest absolute Gasteiger partial charge is 0.118 e. The number of halogens is 1. The molecule has 3 nitrogen and oxygen atoms in total. The van der Waals surface area contributed by atoms with Crippen LogP contribution in [0.5, 0.6) is 5.75 Å². The largest absolute Gasteiger partial charge is 0.497 e. The zero-order valence-electron chi connectivity index (χ0n) is 10.4. The van der Waals surface area contributed by atoms with Crippen molar-refractivity contribution in [3.8, 4) is 11.8 Å². The Morgan fingerprint density at radius 1 is 1.05 bits per heavy atom. The highest BCUT2D eigenvalue weighted by Crippen LogP contribution is 2.14. The van der Waals surface area contributed by atoms with Gasteiger partial charge in [0.1, 0.15) is 5.75 Å². The third-order valence-corrected chi connectivity index (χ3v) is 2.47. The summed E-state index contributed by atoms with van der Waals surface area (Å²) in [5.41, 5.74) is 2.46. The van der Waals surface area contributed by atoms with Crippen molar-refractivity contribution in [3.05, 3.63) is 59.7 Å². The number of aliphatic imine (C=N–C) groups is 1. The quantitative estimate of drug-likeness (QED) is 0.799. The minimum Gasteiger partial charge on any atom is -0.497 e. The fourth-order valence-electron chi connectivity index (χ4n) is 1.46. The van der Waals surface area contributed by atoms with E-state index in [1.54, 1.807) is 25.5 Å². The Kier molecular flexibility index (Phi) is 5.59. The Hall–Kier alpha value is -2.31. The molecule has 0 saturated carbocycles. The molecule has 0 fully saturated rings. The van der Waals surface area contributed by atoms with Gasteiger partial charge in [-0.3, -0.25) is 4.99 Å². The summed E-state index contributed by atoms with van der Waals surface area (Å²) >= 11 is 0. The summed E-state index contributed by atoms with van der Waals surface area (Å²) in [5, 5.41) is 8.69. The number of methoxy groups -OCH3 is 1. The van der Waals surface area contributed by atoms with E-state index < -0.39 is 0 Å². The van der Waals surface area contributed by atoms with Crippen LogP contribution < -0.4 is 4.74 Å². The lowest BCUT2D eigenvalue weighted by atomic mass is 10.2. The Morgan fingerprint density at radius 2 is 1.68 bits per heavy atom. The molecule has 0 unspecified atom stereocenters. The minimum absolute atomic E-state index is 0. The molecule has 0 heterocycles. The van der Waals surface area contributed by atoms with E-state index in [2.05, 4.69) is 11.1 Å². The second-order valence-corrected chi connectivity index (χ2v) is 3.69. The molecule has 0 radical (unpaired) electrons. The Balaban J connectivity index is 0.00000180. The van der Waals surface area contributed by atoms with Crippen LogP contribution >= 0.6 is 12.4 Å². The van der Waals surface area contributed by atoms with Crippen LogP contribution in [0.2, 0.25) is 0 Å². The van der Waals surface area contributed by atoms with E-state index in [1.807, 2.05) is 36.4 Å². The number of rotatable bonds is 3. The van der Waals surface area contributed by atoms with Gasteiger partial charge in [0.25, 0.3) is 0 Å². The number of nitrogens with zero attached hydrogens (tertiary/aromatic N) is 2. The highest BCUT2D eigenvalue weighted by molar-refractivity contribution is 5.85. The summed E-state index contributed by atoms with van der Waals surface area (Å²) in [6.07, 6.45) is 1.78. The zero-order chi connectivity index (χ0) is 12.8. The lowest BCUT2D eigenvalue weighted by molar-refractivity contribution is 0.415. The van der Waals surface area contributed by atoms with Gasteiger partial charge in [0, 0.05) is 6.21 Å². The SMILES string of the molecule is COc1ccc(C=Nc2ccc(C#N)cc2)cc1.Cl. The first-order valence-corrected chi connectivity index (χ1v) is 5.50. The van der Waals surface area contributed by atoms with Gasteiger partial charge in [-0.25, -0.2) is 0 Å². The first kappa shape index (κ1) is 14.7. The van der Waals surface area contributed by atoms with Gasteiger partial charge in [-0.05, 0) is 54.1 Å². The number of benzene rings is 2. The highest BCUT2D eigenvalue weighted by atomic mass is 35.5. The molecule has 0 atom stereocenters. The topological polar surface area (TPSA) is 45.4 Å². The number of hydrogen-bond donors (Lipinski definition) is 0. The third-order valence-electron chi connectivity index (χ3n) is 2.47. The van der Waals surface area contributed by atoms with Crippen molar-refractivity contribution in [2.24, 2.45) is 4.99 Å². The lowest BCUT2D eigenvalue weighted by Crippen LogP contribution is -1.84. The van der Waals surface area contributed by atoms with Crippen LogP contribution in [0.4, 0.5) is 5.69 Å². The van der Waals surface area contributed by atoms with E-state index in [1.165, 1.54) is 0 Å². The van der Waals surface area contributed by atoms with Gasteiger partial charge >= 0.3 is 0 Å². The van der Waals surface area contributed by atoms with Crippen molar-refractivity contribution >= 4 is 24.3 Å². The van der Waals surface area contributed by atoms with Gasteiger partial charge < -0.3 is 4.74 Å². The van der Waals surface area contributed by atoms with Crippen LogP contribution in [0, 0.1) is 11.3 Å². The minimum atomic E-state index is 0. The molecule has 2 rings (SSSR count). The molecule has 0 N–H and O–H groups in total. The van der Waals surface area contributed by atoms with E-state index in [0.29, 0.717) is 5.56 Å². The van der Waals surface area contributed by atoms with Crippen molar-refractivity contribution < 1.29 is 4.74 Å². The maximum atomic E-state index is 8.69.